The van der Waals surface area contributed by atoms with Crippen molar-refractivity contribution in [1.29, 1.82) is 0 Å². The first kappa shape index (κ1) is 12.8. The highest BCUT2D eigenvalue weighted by atomic mass is 35.5. The molecule has 2 rings (SSSR count). The van der Waals surface area contributed by atoms with Crippen molar-refractivity contribution < 1.29 is 17.9 Å². The van der Waals surface area contributed by atoms with Crippen molar-refractivity contribution in [3.63, 3.8) is 0 Å². The van der Waals surface area contributed by atoms with Gasteiger partial charge in [0, 0.05) is 5.56 Å². The van der Waals surface area contributed by atoms with Gasteiger partial charge in [0.1, 0.15) is 0 Å². The Morgan fingerprint density at radius 2 is 1.56 bits per heavy atom. The molecule has 0 aliphatic carbocycles. The fourth-order valence-corrected chi connectivity index (χ4v) is 1.79. The molecular weight excluding hydrogens is 265 g/mol. The third kappa shape index (κ3) is 2.96. The van der Waals surface area contributed by atoms with E-state index in [1.54, 1.807) is 36.4 Å². The van der Waals surface area contributed by atoms with Gasteiger partial charge in [0.2, 0.25) is 0 Å². The summed E-state index contributed by atoms with van der Waals surface area (Å²) in [5.41, 5.74) is 0.916. The molecule has 0 N–H and O–H groups in total. The van der Waals surface area contributed by atoms with Crippen LogP contribution in [-0.2, 0) is 0 Å². The smallest absolute Gasteiger partial charge is 0.404 e. The lowest BCUT2D eigenvalue weighted by atomic mass is 10.0. The molecule has 5 heteroatoms. The Morgan fingerprint density at radius 1 is 0.889 bits per heavy atom. The molecule has 94 valence electrons. The maximum Gasteiger partial charge on any atom is 0.573 e. The van der Waals surface area contributed by atoms with Crippen molar-refractivity contribution in [3.05, 3.63) is 53.6 Å². The lowest BCUT2D eigenvalue weighted by Crippen LogP contribution is -2.17. The third-order valence-corrected chi connectivity index (χ3v) is 2.57. The zero-order valence-electron chi connectivity index (χ0n) is 9.04. The Labute approximate surface area is 107 Å². The molecule has 0 heterocycles. The van der Waals surface area contributed by atoms with Gasteiger partial charge in [-0.05, 0) is 11.6 Å². The lowest BCUT2D eigenvalue weighted by molar-refractivity contribution is -0.274. The van der Waals surface area contributed by atoms with E-state index in [9.17, 15) is 13.2 Å². The summed E-state index contributed by atoms with van der Waals surface area (Å²) >= 11 is 5.76. The van der Waals surface area contributed by atoms with E-state index < -0.39 is 6.36 Å². The van der Waals surface area contributed by atoms with Gasteiger partial charge < -0.3 is 4.74 Å². The first-order chi connectivity index (χ1) is 8.47. The van der Waals surface area contributed by atoms with E-state index in [4.69, 9.17) is 11.6 Å². The molecule has 0 saturated heterocycles. The maximum absolute atomic E-state index is 12.3. The van der Waals surface area contributed by atoms with Gasteiger partial charge >= 0.3 is 6.36 Å². The number of hydrogen-bond donors (Lipinski definition) is 0. The second kappa shape index (κ2) is 4.90. The van der Waals surface area contributed by atoms with Gasteiger partial charge in [0.05, 0.1) is 5.02 Å². The Bertz CT molecular complexity index is 538. The first-order valence-electron chi connectivity index (χ1n) is 5.07. The van der Waals surface area contributed by atoms with Crippen molar-refractivity contribution >= 4 is 11.6 Å². The van der Waals surface area contributed by atoms with E-state index in [1.165, 1.54) is 12.1 Å². The number of alkyl halides is 3. The van der Waals surface area contributed by atoms with Crippen LogP contribution in [0.15, 0.2) is 48.5 Å². The molecule has 18 heavy (non-hydrogen) atoms. The van der Waals surface area contributed by atoms with Gasteiger partial charge in [-0.2, -0.15) is 0 Å². The molecule has 0 bridgehead atoms. The largest absolute Gasteiger partial charge is 0.573 e. The van der Waals surface area contributed by atoms with E-state index >= 15 is 0 Å². The number of hydrogen-bond acceptors (Lipinski definition) is 1. The van der Waals surface area contributed by atoms with Crippen LogP contribution in [0, 0.1) is 0 Å². The summed E-state index contributed by atoms with van der Waals surface area (Å²) in [6, 6.07) is 13.1. The zero-order chi connectivity index (χ0) is 13.2. The van der Waals surface area contributed by atoms with Crippen LogP contribution in [0.25, 0.3) is 11.1 Å². The van der Waals surface area contributed by atoms with E-state index in [1.807, 2.05) is 0 Å². The molecule has 0 spiro atoms. The Balaban J connectivity index is 2.51. The normalized spacial score (nSPS) is 11.3. The van der Waals surface area contributed by atoms with Crippen molar-refractivity contribution in [1.82, 2.24) is 0 Å². The van der Waals surface area contributed by atoms with Crippen LogP contribution in [0.2, 0.25) is 5.02 Å². The number of benzene rings is 2. The number of rotatable bonds is 2. The minimum atomic E-state index is -4.77. The van der Waals surface area contributed by atoms with Gasteiger partial charge in [0.15, 0.2) is 5.75 Å². The highest BCUT2D eigenvalue weighted by Crippen LogP contribution is 2.39. The average molecular weight is 273 g/mol. The van der Waals surface area contributed by atoms with Crippen molar-refractivity contribution in [3.8, 4) is 16.9 Å². The van der Waals surface area contributed by atoms with Crippen LogP contribution >= 0.6 is 11.6 Å². The Kier molecular flexibility index (Phi) is 3.48. The second-order valence-electron chi connectivity index (χ2n) is 3.53. The quantitative estimate of drug-likeness (QED) is 0.755. The standard InChI is InChI=1S/C13H8ClF3O/c14-11-8-4-7-10(9-5-2-1-3-6-9)12(11)18-13(15,16)17/h1-8H. The summed E-state index contributed by atoms with van der Waals surface area (Å²) in [5.74, 6) is -0.377. The SMILES string of the molecule is FC(F)(F)Oc1c(Cl)cccc1-c1ccccc1. The van der Waals surface area contributed by atoms with E-state index in [2.05, 4.69) is 4.74 Å². The fourth-order valence-electron chi connectivity index (χ4n) is 1.57. The number of halogens is 4. The van der Waals surface area contributed by atoms with Crippen molar-refractivity contribution in [2.45, 2.75) is 6.36 Å². The molecule has 0 aliphatic heterocycles. The summed E-state index contributed by atoms with van der Waals surface area (Å²) in [4.78, 5) is 0. The molecule has 2 aromatic carbocycles. The lowest BCUT2D eigenvalue weighted by Gasteiger charge is -2.14. The molecule has 0 unspecified atom stereocenters. The summed E-state index contributed by atoms with van der Waals surface area (Å²) < 4.78 is 41.0. The number of para-hydroxylation sites is 1. The van der Waals surface area contributed by atoms with Gasteiger partial charge in [-0.3, -0.25) is 0 Å². The molecule has 0 fully saturated rings. The molecule has 0 atom stereocenters. The van der Waals surface area contributed by atoms with Crippen LogP contribution in [0.3, 0.4) is 0 Å². The third-order valence-electron chi connectivity index (χ3n) is 2.27. The van der Waals surface area contributed by atoms with Crippen LogP contribution in [0.5, 0.6) is 5.75 Å². The van der Waals surface area contributed by atoms with Crippen LogP contribution < -0.4 is 4.74 Å². The van der Waals surface area contributed by atoms with Crippen LogP contribution in [0.1, 0.15) is 0 Å². The molecule has 2 aromatic rings. The summed E-state index contributed by atoms with van der Waals surface area (Å²) in [5, 5.41) is -0.0753. The monoisotopic (exact) mass is 272 g/mol. The predicted molar refractivity (Wildman–Crippen MR) is 63.6 cm³/mol. The highest BCUT2D eigenvalue weighted by Gasteiger charge is 2.33. The fraction of sp³-hybridized carbons (Fsp3) is 0.0769. The molecule has 0 aromatic heterocycles. The topological polar surface area (TPSA) is 9.23 Å². The Morgan fingerprint density at radius 3 is 2.17 bits per heavy atom. The first-order valence-corrected chi connectivity index (χ1v) is 5.45. The van der Waals surface area contributed by atoms with Crippen molar-refractivity contribution in [2.24, 2.45) is 0 Å². The summed E-state index contributed by atoms with van der Waals surface area (Å²) in [6.07, 6.45) is -4.77. The minimum Gasteiger partial charge on any atom is -0.404 e. The van der Waals surface area contributed by atoms with Crippen molar-refractivity contribution in [2.75, 3.05) is 0 Å². The molecular formula is C13H8ClF3O. The summed E-state index contributed by atoms with van der Waals surface area (Å²) in [6.45, 7) is 0. The van der Waals surface area contributed by atoms with E-state index in [0.717, 1.165) is 0 Å². The van der Waals surface area contributed by atoms with Gasteiger partial charge in [0.25, 0.3) is 0 Å². The maximum atomic E-state index is 12.3. The van der Waals surface area contributed by atoms with Gasteiger partial charge in [-0.15, -0.1) is 13.2 Å². The second-order valence-corrected chi connectivity index (χ2v) is 3.94. The molecule has 0 amide bonds. The predicted octanol–water partition coefficient (Wildman–Crippen LogP) is 4.91. The molecule has 0 radical (unpaired) electrons. The van der Waals surface area contributed by atoms with Crippen LogP contribution in [-0.4, -0.2) is 6.36 Å². The molecule has 0 saturated carbocycles. The van der Waals surface area contributed by atoms with Crippen LogP contribution in [0.4, 0.5) is 13.2 Å². The Hall–Kier alpha value is -1.68. The minimum absolute atomic E-state index is 0.0753. The average Bonchev–Trinajstić information content (AvgIpc) is 2.31. The highest BCUT2D eigenvalue weighted by molar-refractivity contribution is 6.32. The molecule has 0 aliphatic rings. The van der Waals surface area contributed by atoms with Gasteiger partial charge in [-0.1, -0.05) is 54.1 Å². The molecule has 1 nitrogen and oxygen atoms in total. The number of ether oxygens (including phenoxy) is 1. The zero-order valence-corrected chi connectivity index (χ0v) is 9.79. The summed E-state index contributed by atoms with van der Waals surface area (Å²) in [7, 11) is 0. The van der Waals surface area contributed by atoms with E-state index in [-0.39, 0.29) is 10.8 Å². The van der Waals surface area contributed by atoms with E-state index in [0.29, 0.717) is 11.1 Å². The van der Waals surface area contributed by atoms with Gasteiger partial charge in [-0.25, -0.2) is 0 Å².